The molecule has 138 valence electrons. The van der Waals surface area contributed by atoms with Gasteiger partial charge in [-0.15, -0.1) is 0 Å². The molecule has 2 heterocycles. The van der Waals surface area contributed by atoms with E-state index in [1.165, 1.54) is 11.0 Å². The Morgan fingerprint density at radius 3 is 2.73 bits per heavy atom. The fourth-order valence-electron chi connectivity index (χ4n) is 2.67. The van der Waals surface area contributed by atoms with E-state index >= 15 is 0 Å². The highest BCUT2D eigenvalue weighted by molar-refractivity contribution is 6.36. The molecular weight excluding hydrogens is 392 g/mol. The summed E-state index contributed by atoms with van der Waals surface area (Å²) in [6.45, 7) is 0.597. The summed E-state index contributed by atoms with van der Waals surface area (Å²) < 4.78 is 38.3. The minimum Gasteiger partial charge on any atom is -0.324 e. The zero-order valence-corrected chi connectivity index (χ0v) is 14.7. The van der Waals surface area contributed by atoms with Crippen LogP contribution < -0.4 is 5.32 Å². The highest BCUT2D eigenvalue weighted by Gasteiger charge is 2.35. The van der Waals surface area contributed by atoms with E-state index in [2.05, 4.69) is 15.3 Å². The molecule has 1 N–H and O–H groups in total. The Morgan fingerprint density at radius 2 is 2.04 bits per heavy atom. The fraction of sp³-hybridized carbons (Fsp3) is 0.312. The van der Waals surface area contributed by atoms with Gasteiger partial charge >= 0.3 is 12.2 Å². The molecule has 0 bridgehead atoms. The minimum atomic E-state index is -4.53. The van der Waals surface area contributed by atoms with Gasteiger partial charge in [-0.1, -0.05) is 23.2 Å². The van der Waals surface area contributed by atoms with E-state index in [9.17, 15) is 18.0 Å². The van der Waals surface area contributed by atoms with Crippen LogP contribution in [-0.4, -0.2) is 34.0 Å². The van der Waals surface area contributed by atoms with Crippen molar-refractivity contribution in [3.8, 4) is 0 Å². The average molecular weight is 405 g/mol. The summed E-state index contributed by atoms with van der Waals surface area (Å²) in [5.74, 6) is -0.275. The molecule has 0 aliphatic carbocycles. The summed E-state index contributed by atoms with van der Waals surface area (Å²) in [5.41, 5.74) is -0.585. The molecule has 1 saturated heterocycles. The van der Waals surface area contributed by atoms with E-state index in [1.54, 1.807) is 12.1 Å². The lowest BCUT2D eigenvalue weighted by Crippen LogP contribution is -2.33. The van der Waals surface area contributed by atoms with Crippen LogP contribution in [0.15, 0.2) is 30.5 Å². The molecule has 10 heteroatoms. The maximum Gasteiger partial charge on any atom is 0.433 e. The third-order valence-electron chi connectivity index (χ3n) is 3.98. The maximum atomic E-state index is 12.8. The Labute approximate surface area is 157 Å². The third-order valence-corrected chi connectivity index (χ3v) is 4.53. The molecule has 5 nitrogen and oxygen atoms in total. The number of alkyl halides is 3. The number of nitrogens with one attached hydrogen (secondary N) is 1. The zero-order valence-electron chi connectivity index (χ0n) is 13.2. The summed E-state index contributed by atoms with van der Waals surface area (Å²) in [6.07, 6.45) is -2.97. The fourth-order valence-corrected chi connectivity index (χ4v) is 3.12. The second-order valence-corrected chi connectivity index (χ2v) is 6.63. The lowest BCUT2D eigenvalue weighted by atomic mass is 10.1. The van der Waals surface area contributed by atoms with E-state index in [0.717, 1.165) is 12.3 Å². The standard InChI is InChI=1S/C16H13Cl2F3N4O/c17-10-1-2-12(11(18)7-10)23-15(26)25-6-4-9(8-25)14-22-5-3-13(24-14)16(19,20)21/h1-3,5,7,9H,4,6,8H2,(H,23,26). The van der Waals surface area contributed by atoms with Crippen molar-refractivity contribution >= 4 is 34.9 Å². The number of nitrogens with zero attached hydrogens (tertiary/aromatic N) is 3. The molecule has 0 saturated carbocycles. The Balaban J connectivity index is 1.67. The molecule has 1 aliphatic rings. The predicted molar refractivity (Wildman–Crippen MR) is 91.4 cm³/mol. The second kappa shape index (κ2) is 7.28. The van der Waals surface area contributed by atoms with E-state index in [1.807, 2.05) is 0 Å². The van der Waals surface area contributed by atoms with Crippen molar-refractivity contribution in [1.82, 2.24) is 14.9 Å². The minimum absolute atomic E-state index is 0.0830. The number of amides is 2. The normalized spacial score (nSPS) is 17.4. The quantitative estimate of drug-likeness (QED) is 0.779. The number of benzene rings is 1. The Morgan fingerprint density at radius 1 is 1.27 bits per heavy atom. The largest absolute Gasteiger partial charge is 0.433 e. The molecule has 1 aromatic heterocycles. The Bertz CT molecular complexity index is 831. The van der Waals surface area contributed by atoms with Crippen LogP contribution in [0.25, 0.3) is 0 Å². The Kier molecular flexibility index (Phi) is 5.24. The number of urea groups is 1. The highest BCUT2D eigenvalue weighted by atomic mass is 35.5. The predicted octanol–water partition coefficient (Wildman–Crippen LogP) is 4.82. The molecule has 1 fully saturated rings. The zero-order chi connectivity index (χ0) is 18.9. The van der Waals surface area contributed by atoms with Gasteiger partial charge in [0.2, 0.25) is 0 Å². The number of rotatable bonds is 2. The maximum absolute atomic E-state index is 12.8. The van der Waals surface area contributed by atoms with Gasteiger partial charge in [0.05, 0.1) is 10.7 Å². The lowest BCUT2D eigenvalue weighted by molar-refractivity contribution is -0.141. The first-order valence-corrected chi connectivity index (χ1v) is 8.41. The first kappa shape index (κ1) is 18.7. The molecule has 2 aromatic rings. The van der Waals surface area contributed by atoms with Crippen molar-refractivity contribution < 1.29 is 18.0 Å². The molecule has 2 amide bonds. The molecule has 1 atom stereocenters. The number of hydrogen-bond acceptors (Lipinski definition) is 3. The van der Waals surface area contributed by atoms with Gasteiger partial charge in [-0.25, -0.2) is 14.8 Å². The molecule has 1 aliphatic heterocycles. The van der Waals surface area contributed by atoms with Gasteiger partial charge in [-0.05, 0) is 30.7 Å². The number of carbonyl (C=O) groups excluding carboxylic acids is 1. The van der Waals surface area contributed by atoms with Crippen molar-refractivity contribution in [2.45, 2.75) is 18.5 Å². The topological polar surface area (TPSA) is 58.1 Å². The Hall–Kier alpha value is -2.06. The van der Waals surface area contributed by atoms with E-state index in [0.29, 0.717) is 28.7 Å². The smallest absolute Gasteiger partial charge is 0.324 e. The summed E-state index contributed by atoms with van der Waals surface area (Å²) in [4.78, 5) is 21.4. The summed E-state index contributed by atoms with van der Waals surface area (Å²) in [6, 6.07) is 5.09. The first-order chi connectivity index (χ1) is 12.2. The van der Waals surface area contributed by atoms with Crippen molar-refractivity contribution in [3.05, 3.63) is 52.0 Å². The van der Waals surface area contributed by atoms with Gasteiger partial charge in [-0.3, -0.25) is 0 Å². The van der Waals surface area contributed by atoms with Crippen LogP contribution in [0.4, 0.5) is 23.7 Å². The van der Waals surface area contributed by atoms with E-state index in [4.69, 9.17) is 23.2 Å². The van der Waals surface area contributed by atoms with Crippen LogP contribution in [0.5, 0.6) is 0 Å². The van der Waals surface area contributed by atoms with Gasteiger partial charge in [0.15, 0.2) is 0 Å². The van der Waals surface area contributed by atoms with Crippen LogP contribution in [0.3, 0.4) is 0 Å². The van der Waals surface area contributed by atoms with Crippen molar-refractivity contribution in [2.24, 2.45) is 0 Å². The van der Waals surface area contributed by atoms with Crippen LogP contribution in [0.1, 0.15) is 23.9 Å². The van der Waals surface area contributed by atoms with Crippen molar-refractivity contribution in [1.29, 1.82) is 0 Å². The summed E-state index contributed by atoms with van der Waals surface area (Å²) >= 11 is 11.8. The molecule has 1 unspecified atom stereocenters. The van der Waals surface area contributed by atoms with Crippen LogP contribution in [0.2, 0.25) is 10.0 Å². The number of aromatic nitrogens is 2. The van der Waals surface area contributed by atoms with Crippen LogP contribution in [-0.2, 0) is 6.18 Å². The average Bonchev–Trinajstić information content (AvgIpc) is 3.07. The van der Waals surface area contributed by atoms with Gasteiger partial charge in [-0.2, -0.15) is 13.2 Å². The van der Waals surface area contributed by atoms with Crippen molar-refractivity contribution in [2.75, 3.05) is 18.4 Å². The van der Waals surface area contributed by atoms with Crippen LogP contribution >= 0.6 is 23.2 Å². The van der Waals surface area contributed by atoms with Gasteiger partial charge in [0, 0.05) is 30.2 Å². The lowest BCUT2D eigenvalue weighted by Gasteiger charge is -2.18. The van der Waals surface area contributed by atoms with E-state index in [-0.39, 0.29) is 18.3 Å². The SMILES string of the molecule is O=C(Nc1ccc(Cl)cc1Cl)N1CCC(c2nccc(C(F)(F)F)n2)C1. The van der Waals surface area contributed by atoms with Gasteiger partial charge in [0.1, 0.15) is 11.5 Å². The number of anilines is 1. The number of hydrogen-bond donors (Lipinski definition) is 1. The monoisotopic (exact) mass is 404 g/mol. The van der Waals surface area contributed by atoms with Crippen LogP contribution in [0, 0.1) is 0 Å². The molecule has 1 aromatic carbocycles. The van der Waals surface area contributed by atoms with Crippen molar-refractivity contribution in [3.63, 3.8) is 0 Å². The second-order valence-electron chi connectivity index (χ2n) is 5.78. The third kappa shape index (κ3) is 4.19. The van der Waals surface area contributed by atoms with Gasteiger partial charge in [0.25, 0.3) is 0 Å². The molecule has 26 heavy (non-hydrogen) atoms. The number of halogens is 5. The van der Waals surface area contributed by atoms with Gasteiger partial charge < -0.3 is 10.2 Å². The molecule has 0 spiro atoms. The highest BCUT2D eigenvalue weighted by Crippen LogP contribution is 2.31. The molecular formula is C16H13Cl2F3N4O. The van der Waals surface area contributed by atoms with E-state index < -0.39 is 17.9 Å². The summed E-state index contributed by atoms with van der Waals surface area (Å²) in [7, 11) is 0. The molecule has 3 rings (SSSR count). The number of likely N-dealkylation sites (tertiary alicyclic amines) is 1. The number of carbonyl (C=O) groups is 1. The molecule has 0 radical (unpaired) electrons. The summed E-state index contributed by atoms with van der Waals surface area (Å²) in [5, 5.41) is 3.40. The first-order valence-electron chi connectivity index (χ1n) is 7.65.